The van der Waals surface area contributed by atoms with E-state index in [9.17, 15) is 32.2 Å². The fourth-order valence-corrected chi connectivity index (χ4v) is 5.46. The van der Waals surface area contributed by atoms with Crippen molar-refractivity contribution in [2.45, 2.75) is 30.1 Å². The molecule has 138 valence electrons. The smallest absolute Gasteiger partial charge is 0.226 e. The van der Waals surface area contributed by atoms with Crippen LogP contribution in [0, 0.1) is 0 Å². The Morgan fingerprint density at radius 1 is 1.17 bits per heavy atom. The summed E-state index contributed by atoms with van der Waals surface area (Å²) in [5.74, 6) is -0.549. The van der Waals surface area contributed by atoms with Crippen LogP contribution in [-0.4, -0.2) is 69.2 Å². The van der Waals surface area contributed by atoms with Crippen LogP contribution >= 0.6 is 0 Å². The highest BCUT2D eigenvalue weighted by Crippen LogP contribution is 2.23. The van der Waals surface area contributed by atoms with Crippen LogP contribution < -0.4 is 4.72 Å². The molecular formula is C13H21NO8S2. The Hall–Kier alpha value is -1.24. The summed E-state index contributed by atoms with van der Waals surface area (Å²) in [6.07, 6.45) is -3.58. The number of nitrogens with one attached hydrogen (secondary N) is 1. The quantitative estimate of drug-likeness (QED) is 0.415. The van der Waals surface area contributed by atoms with E-state index in [0.717, 1.165) is 12.1 Å². The number of ether oxygens (including phenoxy) is 1. The molecule has 2 unspecified atom stereocenters. The fourth-order valence-electron chi connectivity index (χ4n) is 1.89. The largest absolute Gasteiger partial charge is 0.507 e. The number of rotatable bonds is 9. The van der Waals surface area contributed by atoms with Crippen molar-refractivity contribution in [2.24, 2.45) is 0 Å². The zero-order chi connectivity index (χ0) is 18.5. The summed E-state index contributed by atoms with van der Waals surface area (Å²) >= 11 is 0. The van der Waals surface area contributed by atoms with Gasteiger partial charge in [0.1, 0.15) is 16.7 Å². The second kappa shape index (κ2) is 8.23. The first-order chi connectivity index (χ1) is 11.0. The van der Waals surface area contributed by atoms with Gasteiger partial charge in [0.25, 0.3) is 0 Å². The predicted octanol–water partition coefficient (Wildman–Crippen LogP) is -1.20. The van der Waals surface area contributed by atoms with Gasteiger partial charge >= 0.3 is 0 Å². The molecular weight excluding hydrogens is 362 g/mol. The number of phenolic OH excluding ortho intramolecular Hbond substituents is 1. The molecule has 24 heavy (non-hydrogen) atoms. The molecule has 1 rings (SSSR count). The molecule has 1 aromatic carbocycles. The minimum Gasteiger partial charge on any atom is -0.507 e. The lowest BCUT2D eigenvalue weighted by Gasteiger charge is -2.23. The summed E-state index contributed by atoms with van der Waals surface area (Å²) < 4.78 is 55.1. The predicted molar refractivity (Wildman–Crippen MR) is 85.6 cm³/mol. The molecule has 1 aromatic rings. The van der Waals surface area contributed by atoms with E-state index < -0.39 is 60.4 Å². The standard InChI is InChI=1S/C13H21NO8S2/c1-9(15)13(17)11(22-2)7-14-24(20,21)8-23(18,19)12-6-4-3-5-10(12)16/h3-6,9,11,13-17H,7-8H2,1-2H3/t9?,11-,13?/m1/s1. The lowest BCUT2D eigenvalue weighted by Crippen LogP contribution is -2.45. The van der Waals surface area contributed by atoms with Gasteiger partial charge in [0, 0.05) is 13.7 Å². The van der Waals surface area contributed by atoms with Crippen LogP contribution in [0.4, 0.5) is 0 Å². The van der Waals surface area contributed by atoms with Crippen LogP contribution in [0.1, 0.15) is 6.92 Å². The summed E-state index contributed by atoms with van der Waals surface area (Å²) in [5.41, 5.74) is 0. The highest BCUT2D eigenvalue weighted by atomic mass is 32.3. The lowest BCUT2D eigenvalue weighted by molar-refractivity contribution is -0.0659. The third-order valence-corrected chi connectivity index (χ3v) is 7.30. The van der Waals surface area contributed by atoms with Crippen LogP contribution in [0.2, 0.25) is 0 Å². The topological polar surface area (TPSA) is 150 Å². The first-order valence-corrected chi connectivity index (χ1v) is 10.2. The Kier molecular flexibility index (Phi) is 7.13. The second-order valence-corrected chi connectivity index (χ2v) is 9.30. The number of aromatic hydroxyl groups is 1. The van der Waals surface area contributed by atoms with E-state index in [1.165, 1.54) is 26.2 Å². The van der Waals surface area contributed by atoms with Crippen LogP contribution in [0.3, 0.4) is 0 Å². The zero-order valence-electron chi connectivity index (χ0n) is 13.2. The van der Waals surface area contributed by atoms with E-state index in [4.69, 9.17) is 4.74 Å². The highest BCUT2D eigenvalue weighted by Gasteiger charge is 2.29. The van der Waals surface area contributed by atoms with Gasteiger partial charge in [0.05, 0.1) is 12.2 Å². The summed E-state index contributed by atoms with van der Waals surface area (Å²) in [7, 11) is -7.37. The van der Waals surface area contributed by atoms with Crippen molar-refractivity contribution in [3.05, 3.63) is 24.3 Å². The number of hydrogen-bond donors (Lipinski definition) is 4. The number of aliphatic hydroxyl groups is 2. The number of benzene rings is 1. The van der Waals surface area contributed by atoms with Crippen LogP contribution in [0.25, 0.3) is 0 Å². The molecule has 0 amide bonds. The van der Waals surface area contributed by atoms with Crippen molar-refractivity contribution < 1.29 is 36.9 Å². The zero-order valence-corrected chi connectivity index (χ0v) is 14.8. The van der Waals surface area contributed by atoms with Gasteiger partial charge < -0.3 is 20.1 Å². The lowest BCUT2D eigenvalue weighted by atomic mass is 10.1. The Bertz CT molecular complexity index is 745. The average molecular weight is 383 g/mol. The third-order valence-electron chi connectivity index (χ3n) is 3.19. The van der Waals surface area contributed by atoms with E-state index in [-0.39, 0.29) is 0 Å². The molecule has 0 saturated heterocycles. The van der Waals surface area contributed by atoms with Crippen LogP contribution in [0.5, 0.6) is 5.75 Å². The van der Waals surface area contributed by atoms with Crippen molar-refractivity contribution in [1.82, 2.24) is 4.72 Å². The van der Waals surface area contributed by atoms with E-state index in [1.807, 2.05) is 4.72 Å². The highest BCUT2D eigenvalue weighted by molar-refractivity contribution is 8.07. The number of sulfonamides is 1. The first kappa shape index (κ1) is 20.8. The van der Waals surface area contributed by atoms with Gasteiger partial charge in [-0.3, -0.25) is 0 Å². The molecule has 0 radical (unpaired) electrons. The number of sulfone groups is 1. The molecule has 11 heteroatoms. The van der Waals surface area contributed by atoms with Gasteiger partial charge in [0.2, 0.25) is 10.0 Å². The van der Waals surface area contributed by atoms with Gasteiger partial charge in [-0.1, -0.05) is 12.1 Å². The number of para-hydroxylation sites is 1. The van der Waals surface area contributed by atoms with E-state index >= 15 is 0 Å². The Labute approximate surface area is 140 Å². The Balaban J connectivity index is 2.85. The molecule has 0 spiro atoms. The molecule has 0 aromatic heterocycles. The first-order valence-electron chi connectivity index (χ1n) is 6.87. The maximum Gasteiger partial charge on any atom is 0.226 e. The van der Waals surface area contributed by atoms with Crippen LogP contribution in [0.15, 0.2) is 29.2 Å². The Morgan fingerprint density at radius 2 is 1.75 bits per heavy atom. The molecule has 3 atom stereocenters. The number of phenols is 1. The summed E-state index contributed by atoms with van der Waals surface area (Å²) in [5, 5.41) is 27.2. The SMILES string of the molecule is CO[C@H](CNS(=O)(=O)CS(=O)(=O)c1ccccc1O)C(O)C(C)O. The number of methoxy groups -OCH3 is 1. The molecule has 0 aliphatic heterocycles. The normalized spacial score (nSPS) is 16.5. The van der Waals surface area contributed by atoms with Gasteiger partial charge in [-0.2, -0.15) is 0 Å². The van der Waals surface area contributed by atoms with E-state index in [2.05, 4.69) is 0 Å². The number of aliphatic hydroxyl groups excluding tert-OH is 2. The van der Waals surface area contributed by atoms with Gasteiger partial charge in [0.15, 0.2) is 14.9 Å². The minimum absolute atomic E-state index is 0.429. The molecule has 0 heterocycles. The average Bonchev–Trinajstić information content (AvgIpc) is 2.46. The summed E-state index contributed by atoms with van der Waals surface area (Å²) in [6.45, 7) is 0.870. The maximum atomic E-state index is 12.1. The van der Waals surface area contributed by atoms with Gasteiger partial charge in [-0.05, 0) is 19.1 Å². The minimum atomic E-state index is -4.29. The van der Waals surface area contributed by atoms with Crippen molar-refractivity contribution >= 4 is 19.9 Å². The van der Waals surface area contributed by atoms with Crippen molar-refractivity contribution in [3.63, 3.8) is 0 Å². The van der Waals surface area contributed by atoms with Gasteiger partial charge in [-0.15, -0.1) is 0 Å². The summed E-state index contributed by atoms with van der Waals surface area (Å²) in [4.78, 5) is -0.498. The second-order valence-electron chi connectivity index (χ2n) is 5.17. The molecule has 0 aliphatic rings. The molecule has 4 N–H and O–H groups in total. The monoisotopic (exact) mass is 383 g/mol. The summed E-state index contributed by atoms with van der Waals surface area (Å²) in [6, 6.07) is 4.98. The van der Waals surface area contributed by atoms with Gasteiger partial charge in [-0.25, -0.2) is 21.6 Å². The van der Waals surface area contributed by atoms with Crippen molar-refractivity contribution in [1.29, 1.82) is 0 Å². The molecule has 0 bridgehead atoms. The van der Waals surface area contributed by atoms with Crippen LogP contribution in [-0.2, 0) is 24.6 Å². The Morgan fingerprint density at radius 3 is 2.25 bits per heavy atom. The third kappa shape index (κ3) is 5.69. The fraction of sp³-hybridized carbons (Fsp3) is 0.538. The molecule has 0 aliphatic carbocycles. The molecule has 9 nitrogen and oxygen atoms in total. The number of hydrogen-bond acceptors (Lipinski definition) is 8. The van der Waals surface area contributed by atoms with E-state index in [0.29, 0.717) is 0 Å². The maximum absolute atomic E-state index is 12.1. The van der Waals surface area contributed by atoms with Crippen molar-refractivity contribution in [2.75, 3.05) is 18.7 Å². The van der Waals surface area contributed by atoms with Crippen molar-refractivity contribution in [3.8, 4) is 5.75 Å². The molecule has 0 fully saturated rings. The molecule has 0 saturated carbocycles. The van der Waals surface area contributed by atoms with E-state index in [1.54, 1.807) is 0 Å².